The molecule has 0 saturated carbocycles. The number of nitrogens with one attached hydrogen (secondary N) is 1. The zero-order chi connectivity index (χ0) is 21.4. The van der Waals surface area contributed by atoms with Gasteiger partial charge in [-0.2, -0.15) is 0 Å². The lowest BCUT2D eigenvalue weighted by molar-refractivity contribution is -0.142. The lowest BCUT2D eigenvalue weighted by Gasteiger charge is -2.30. The van der Waals surface area contributed by atoms with Crippen molar-refractivity contribution in [1.82, 2.24) is 10.2 Å². The molecule has 2 amide bonds. The maximum atomic E-state index is 13.0. The Labute approximate surface area is 181 Å². The molecule has 2 rings (SSSR count). The van der Waals surface area contributed by atoms with Crippen LogP contribution in [-0.4, -0.2) is 36.4 Å². The summed E-state index contributed by atoms with van der Waals surface area (Å²) in [5.74, 6) is 0.202. The summed E-state index contributed by atoms with van der Waals surface area (Å²) in [5.41, 5.74) is 3.30. The highest BCUT2D eigenvalue weighted by Gasteiger charge is 2.28. The van der Waals surface area contributed by atoms with E-state index in [2.05, 4.69) is 28.2 Å². The third-order valence-electron chi connectivity index (χ3n) is 4.86. The van der Waals surface area contributed by atoms with Crippen LogP contribution in [0.2, 0.25) is 0 Å². The van der Waals surface area contributed by atoms with Crippen molar-refractivity contribution in [2.75, 3.05) is 13.7 Å². The molecule has 0 fully saturated rings. The molecular weight excluding hydrogens is 432 g/mol. The zero-order valence-corrected chi connectivity index (χ0v) is 19.1. The summed E-state index contributed by atoms with van der Waals surface area (Å²) in [6, 6.07) is 13.2. The third kappa shape index (κ3) is 6.32. The molecular formula is C23H29BrN2O3. The molecule has 0 aliphatic carbocycles. The first-order valence-electron chi connectivity index (χ1n) is 9.87. The number of amides is 2. The number of aryl methyl sites for hydroxylation is 2. The fourth-order valence-corrected chi connectivity index (χ4v) is 3.62. The number of hydrogen-bond donors (Lipinski definition) is 1. The topological polar surface area (TPSA) is 58.6 Å². The van der Waals surface area contributed by atoms with Gasteiger partial charge in [-0.1, -0.05) is 49.7 Å². The molecule has 0 aromatic heterocycles. The van der Waals surface area contributed by atoms with Crippen molar-refractivity contribution in [3.8, 4) is 5.75 Å². The minimum atomic E-state index is -0.552. The molecule has 0 spiro atoms. The van der Waals surface area contributed by atoms with E-state index in [1.165, 1.54) is 5.56 Å². The number of halogens is 1. The fourth-order valence-electron chi connectivity index (χ4n) is 3.08. The number of likely N-dealkylation sites (N-methyl/N-ethyl adjacent to an activating group) is 1. The lowest BCUT2D eigenvalue weighted by Crippen LogP contribution is -2.49. The van der Waals surface area contributed by atoms with E-state index in [1.807, 2.05) is 56.3 Å². The van der Waals surface area contributed by atoms with Gasteiger partial charge >= 0.3 is 0 Å². The summed E-state index contributed by atoms with van der Waals surface area (Å²) in [6.07, 6.45) is 1.44. The average molecular weight is 461 g/mol. The van der Waals surface area contributed by atoms with E-state index in [0.717, 1.165) is 22.0 Å². The van der Waals surface area contributed by atoms with E-state index in [1.54, 1.807) is 11.9 Å². The van der Waals surface area contributed by atoms with Gasteiger partial charge in [0.15, 0.2) is 6.61 Å². The normalized spacial score (nSPS) is 11.6. The Morgan fingerprint density at radius 2 is 1.76 bits per heavy atom. The second-order valence-corrected chi connectivity index (χ2v) is 7.81. The van der Waals surface area contributed by atoms with Gasteiger partial charge < -0.3 is 15.0 Å². The number of carbonyl (C=O) groups is 2. The lowest BCUT2D eigenvalue weighted by atomic mass is 10.1. The minimum absolute atomic E-state index is 0.135. The molecule has 2 aromatic rings. The van der Waals surface area contributed by atoms with Gasteiger partial charge in [0.05, 0.1) is 4.47 Å². The quantitative estimate of drug-likeness (QED) is 0.608. The molecule has 1 N–H and O–H groups in total. The Balaban J connectivity index is 2.18. The van der Waals surface area contributed by atoms with Crippen molar-refractivity contribution in [3.63, 3.8) is 0 Å². The van der Waals surface area contributed by atoms with Crippen LogP contribution >= 0.6 is 15.9 Å². The molecule has 0 bridgehead atoms. The van der Waals surface area contributed by atoms with E-state index in [9.17, 15) is 9.59 Å². The first kappa shape index (κ1) is 22.9. The van der Waals surface area contributed by atoms with Gasteiger partial charge in [0.2, 0.25) is 5.91 Å². The fraction of sp³-hybridized carbons (Fsp3) is 0.391. The third-order valence-corrected chi connectivity index (χ3v) is 5.48. The number of hydrogen-bond acceptors (Lipinski definition) is 3. The van der Waals surface area contributed by atoms with Crippen LogP contribution in [0.3, 0.4) is 0 Å². The van der Waals surface area contributed by atoms with Crippen LogP contribution in [0.25, 0.3) is 0 Å². The number of nitrogens with zero attached hydrogens (tertiary/aromatic N) is 1. The first-order chi connectivity index (χ1) is 13.9. The van der Waals surface area contributed by atoms with Crippen LogP contribution in [0.5, 0.6) is 5.75 Å². The van der Waals surface area contributed by atoms with Crippen molar-refractivity contribution < 1.29 is 14.3 Å². The van der Waals surface area contributed by atoms with E-state index in [0.29, 0.717) is 18.7 Å². The Bertz CT molecular complexity index is 837. The maximum absolute atomic E-state index is 13.0. The highest BCUT2D eigenvalue weighted by atomic mass is 79.9. The van der Waals surface area contributed by atoms with Crippen molar-refractivity contribution in [3.05, 3.63) is 63.6 Å². The van der Waals surface area contributed by atoms with Gasteiger partial charge in [-0.3, -0.25) is 9.59 Å². The Hall–Kier alpha value is -2.34. The molecule has 2 aromatic carbocycles. The molecule has 0 heterocycles. The maximum Gasteiger partial charge on any atom is 0.261 e. The van der Waals surface area contributed by atoms with Gasteiger partial charge in [-0.05, 0) is 59.0 Å². The van der Waals surface area contributed by atoms with E-state index in [-0.39, 0.29) is 18.4 Å². The van der Waals surface area contributed by atoms with Gasteiger partial charge in [0.25, 0.3) is 5.91 Å². The highest BCUT2D eigenvalue weighted by Crippen LogP contribution is 2.26. The summed E-state index contributed by atoms with van der Waals surface area (Å²) in [6.45, 7) is 6.21. The minimum Gasteiger partial charge on any atom is -0.483 e. The number of carbonyl (C=O) groups excluding carboxylic acids is 2. The molecule has 0 saturated heterocycles. The van der Waals surface area contributed by atoms with Crippen molar-refractivity contribution in [2.24, 2.45) is 0 Å². The molecule has 0 aliphatic heterocycles. The van der Waals surface area contributed by atoms with Crippen LogP contribution in [0.1, 0.15) is 37.0 Å². The summed E-state index contributed by atoms with van der Waals surface area (Å²) < 4.78 is 6.59. The molecule has 0 aliphatic rings. The highest BCUT2D eigenvalue weighted by molar-refractivity contribution is 9.10. The molecule has 0 radical (unpaired) electrons. The van der Waals surface area contributed by atoms with Crippen LogP contribution in [0, 0.1) is 6.92 Å². The standard InChI is InChI=1S/C23H29BrN2O3/c1-5-17-11-12-21(19(24)13-17)29-15-22(27)26(20(6-2)23(28)25-4)14-18-9-7-16(3)8-10-18/h7-13,20H,5-6,14-15H2,1-4H3,(H,25,28)/t20-/m0/s1. The summed E-state index contributed by atoms with van der Waals surface area (Å²) >= 11 is 3.50. The number of benzene rings is 2. The molecule has 29 heavy (non-hydrogen) atoms. The first-order valence-corrected chi connectivity index (χ1v) is 10.7. The molecule has 1 atom stereocenters. The predicted molar refractivity (Wildman–Crippen MR) is 119 cm³/mol. The van der Waals surface area contributed by atoms with Gasteiger partial charge in [-0.15, -0.1) is 0 Å². The van der Waals surface area contributed by atoms with Gasteiger partial charge in [0, 0.05) is 13.6 Å². The van der Waals surface area contributed by atoms with Gasteiger partial charge in [0.1, 0.15) is 11.8 Å². The molecule has 5 nitrogen and oxygen atoms in total. The van der Waals surface area contributed by atoms with Crippen LogP contribution in [0.15, 0.2) is 46.9 Å². The van der Waals surface area contributed by atoms with Crippen molar-refractivity contribution in [1.29, 1.82) is 0 Å². The smallest absolute Gasteiger partial charge is 0.261 e. The van der Waals surface area contributed by atoms with Crippen molar-refractivity contribution in [2.45, 2.75) is 46.2 Å². The van der Waals surface area contributed by atoms with Crippen LogP contribution in [0.4, 0.5) is 0 Å². The Kier molecular flexibility index (Phi) is 8.70. The zero-order valence-electron chi connectivity index (χ0n) is 17.5. The summed E-state index contributed by atoms with van der Waals surface area (Å²) in [4.78, 5) is 27.0. The monoisotopic (exact) mass is 460 g/mol. The second-order valence-electron chi connectivity index (χ2n) is 6.95. The number of ether oxygens (including phenoxy) is 1. The average Bonchev–Trinajstić information content (AvgIpc) is 2.73. The largest absolute Gasteiger partial charge is 0.483 e. The summed E-state index contributed by atoms with van der Waals surface area (Å²) in [5, 5.41) is 2.66. The van der Waals surface area contributed by atoms with Crippen LogP contribution < -0.4 is 10.1 Å². The van der Waals surface area contributed by atoms with Gasteiger partial charge in [-0.25, -0.2) is 0 Å². The molecule has 6 heteroatoms. The van der Waals surface area contributed by atoms with E-state index in [4.69, 9.17) is 4.74 Å². The van der Waals surface area contributed by atoms with E-state index < -0.39 is 6.04 Å². The SMILES string of the molecule is CCc1ccc(OCC(=O)N(Cc2ccc(C)cc2)[C@@H](CC)C(=O)NC)c(Br)c1. The van der Waals surface area contributed by atoms with E-state index >= 15 is 0 Å². The summed E-state index contributed by atoms with van der Waals surface area (Å²) in [7, 11) is 1.59. The molecule has 0 unspecified atom stereocenters. The van der Waals surface area contributed by atoms with Crippen LogP contribution in [-0.2, 0) is 22.6 Å². The Morgan fingerprint density at radius 1 is 1.10 bits per heavy atom. The number of rotatable bonds is 9. The molecule has 156 valence electrons. The Morgan fingerprint density at radius 3 is 2.31 bits per heavy atom. The van der Waals surface area contributed by atoms with Crippen molar-refractivity contribution >= 4 is 27.7 Å². The predicted octanol–water partition coefficient (Wildman–Crippen LogP) is 4.25. The second kappa shape index (κ2) is 11.0.